The van der Waals surface area contributed by atoms with E-state index in [1.54, 1.807) is 0 Å². The van der Waals surface area contributed by atoms with Gasteiger partial charge in [0.1, 0.15) is 12.1 Å². The lowest BCUT2D eigenvalue weighted by molar-refractivity contribution is -0.165. The summed E-state index contributed by atoms with van der Waals surface area (Å²) in [6, 6.07) is 9.92. The predicted octanol–water partition coefficient (Wildman–Crippen LogP) is 2.46. The largest absolute Gasteiger partial charge is 0.459 e. The monoisotopic (exact) mass is 314 g/mol. The SMILES string of the molecule is O=C(OC1CN2CCC1CC2)C(c1ccccc1)N1CCCC1. The Labute approximate surface area is 138 Å². The number of hydrogen-bond acceptors (Lipinski definition) is 4. The third-order valence-electron chi connectivity index (χ3n) is 5.71. The molecule has 23 heavy (non-hydrogen) atoms. The van der Waals surface area contributed by atoms with Crippen LogP contribution in [-0.4, -0.2) is 54.6 Å². The number of hydrogen-bond donors (Lipinski definition) is 0. The standard InChI is InChI=1S/C19H26N2O2/c22-19(23-17-14-20-12-8-15(17)9-13-20)18(21-10-4-5-11-21)16-6-2-1-3-7-16/h1-3,6-7,15,17-18H,4-5,8-14H2. The molecule has 4 fully saturated rings. The summed E-state index contributed by atoms with van der Waals surface area (Å²) >= 11 is 0. The van der Waals surface area contributed by atoms with Crippen molar-refractivity contribution in [2.75, 3.05) is 32.7 Å². The summed E-state index contributed by atoms with van der Waals surface area (Å²) < 4.78 is 6.03. The lowest BCUT2D eigenvalue weighted by Crippen LogP contribution is -2.52. The molecular weight excluding hydrogens is 288 g/mol. The smallest absolute Gasteiger partial charge is 0.328 e. The van der Waals surface area contributed by atoms with Gasteiger partial charge in [0.25, 0.3) is 0 Å². The van der Waals surface area contributed by atoms with Crippen LogP contribution >= 0.6 is 0 Å². The number of ether oxygens (including phenoxy) is 1. The van der Waals surface area contributed by atoms with Crippen LogP contribution in [0.25, 0.3) is 0 Å². The fourth-order valence-electron chi connectivity index (χ4n) is 4.39. The minimum Gasteiger partial charge on any atom is -0.459 e. The second-order valence-electron chi connectivity index (χ2n) is 7.17. The van der Waals surface area contributed by atoms with Gasteiger partial charge in [-0.2, -0.15) is 0 Å². The maximum Gasteiger partial charge on any atom is 0.328 e. The molecule has 4 nitrogen and oxygen atoms in total. The molecule has 1 aromatic rings. The van der Waals surface area contributed by atoms with Crippen molar-refractivity contribution in [3.05, 3.63) is 35.9 Å². The highest BCUT2D eigenvalue weighted by Crippen LogP contribution is 2.32. The van der Waals surface area contributed by atoms with Gasteiger partial charge in [0.2, 0.25) is 0 Å². The zero-order chi connectivity index (χ0) is 15.6. The van der Waals surface area contributed by atoms with Gasteiger partial charge in [-0.05, 0) is 63.3 Å². The second-order valence-corrected chi connectivity index (χ2v) is 7.17. The molecule has 0 N–H and O–H groups in total. The molecule has 0 aromatic heterocycles. The van der Waals surface area contributed by atoms with Gasteiger partial charge < -0.3 is 4.74 Å². The average Bonchev–Trinajstić information content (AvgIpc) is 3.11. The van der Waals surface area contributed by atoms with E-state index < -0.39 is 0 Å². The molecule has 0 amide bonds. The van der Waals surface area contributed by atoms with Gasteiger partial charge in [0.15, 0.2) is 0 Å². The first-order chi connectivity index (χ1) is 11.3. The first-order valence-electron chi connectivity index (χ1n) is 9.03. The van der Waals surface area contributed by atoms with Gasteiger partial charge >= 0.3 is 5.97 Å². The minimum absolute atomic E-state index is 0.0446. The number of nitrogens with zero attached hydrogens (tertiary/aromatic N) is 2. The number of rotatable bonds is 4. The maximum atomic E-state index is 13.0. The third-order valence-corrected chi connectivity index (χ3v) is 5.71. The van der Waals surface area contributed by atoms with E-state index in [0.29, 0.717) is 5.92 Å². The van der Waals surface area contributed by atoms with Crippen LogP contribution in [0.5, 0.6) is 0 Å². The Morgan fingerprint density at radius 1 is 1.04 bits per heavy atom. The highest BCUT2D eigenvalue weighted by Gasteiger charge is 2.39. The van der Waals surface area contributed by atoms with Crippen molar-refractivity contribution in [1.29, 1.82) is 0 Å². The van der Waals surface area contributed by atoms with Crippen molar-refractivity contribution < 1.29 is 9.53 Å². The van der Waals surface area contributed by atoms with E-state index >= 15 is 0 Å². The van der Waals surface area contributed by atoms with Crippen molar-refractivity contribution in [3.63, 3.8) is 0 Å². The summed E-state index contributed by atoms with van der Waals surface area (Å²) in [6.45, 7) is 5.27. The molecule has 0 spiro atoms. The molecule has 4 saturated heterocycles. The van der Waals surface area contributed by atoms with E-state index in [2.05, 4.69) is 21.9 Å². The van der Waals surface area contributed by atoms with Gasteiger partial charge in [-0.3, -0.25) is 9.80 Å². The molecule has 0 saturated carbocycles. The van der Waals surface area contributed by atoms with Crippen molar-refractivity contribution in [2.24, 2.45) is 5.92 Å². The van der Waals surface area contributed by atoms with Crippen molar-refractivity contribution in [3.8, 4) is 0 Å². The molecular formula is C19H26N2O2. The summed E-state index contributed by atoms with van der Waals surface area (Å²) in [4.78, 5) is 17.7. The topological polar surface area (TPSA) is 32.8 Å². The third kappa shape index (κ3) is 3.15. The molecule has 1 aromatic carbocycles. The molecule has 124 valence electrons. The Hall–Kier alpha value is -1.39. The molecule has 2 atom stereocenters. The van der Waals surface area contributed by atoms with Crippen LogP contribution in [0.4, 0.5) is 0 Å². The van der Waals surface area contributed by atoms with Crippen LogP contribution < -0.4 is 0 Å². The quantitative estimate of drug-likeness (QED) is 0.799. The number of carbonyl (C=O) groups is 1. The van der Waals surface area contributed by atoms with E-state index in [4.69, 9.17) is 4.74 Å². The van der Waals surface area contributed by atoms with E-state index in [1.807, 2.05) is 18.2 Å². The van der Waals surface area contributed by atoms with Gasteiger partial charge in [0, 0.05) is 6.54 Å². The number of benzene rings is 1. The van der Waals surface area contributed by atoms with Crippen molar-refractivity contribution >= 4 is 5.97 Å². The summed E-state index contributed by atoms with van der Waals surface area (Å²) in [6.07, 6.45) is 4.81. The van der Waals surface area contributed by atoms with E-state index in [1.165, 1.54) is 38.8 Å². The number of fused-ring (bicyclic) bond motifs is 3. The predicted molar refractivity (Wildman–Crippen MR) is 89.0 cm³/mol. The summed E-state index contributed by atoms with van der Waals surface area (Å²) in [5.74, 6) is 0.524. The Morgan fingerprint density at radius 3 is 2.35 bits per heavy atom. The highest BCUT2D eigenvalue weighted by atomic mass is 16.5. The lowest BCUT2D eigenvalue weighted by atomic mass is 9.86. The van der Waals surface area contributed by atoms with Crippen molar-refractivity contribution in [1.82, 2.24) is 9.80 Å². The number of piperidine rings is 3. The summed E-state index contributed by atoms with van der Waals surface area (Å²) in [5, 5.41) is 0. The van der Waals surface area contributed by atoms with Crippen LogP contribution in [0, 0.1) is 5.92 Å². The fraction of sp³-hybridized carbons (Fsp3) is 0.632. The molecule has 4 heterocycles. The van der Waals surface area contributed by atoms with Gasteiger partial charge in [-0.15, -0.1) is 0 Å². The Kier molecular flexibility index (Phi) is 4.36. The highest BCUT2D eigenvalue weighted by molar-refractivity contribution is 5.78. The molecule has 0 aliphatic carbocycles. The van der Waals surface area contributed by atoms with Crippen LogP contribution in [0.3, 0.4) is 0 Å². The summed E-state index contributed by atoms with van der Waals surface area (Å²) in [7, 11) is 0. The van der Waals surface area contributed by atoms with E-state index in [9.17, 15) is 4.79 Å². The number of carbonyl (C=O) groups excluding carboxylic acids is 1. The molecule has 2 bridgehead atoms. The van der Waals surface area contributed by atoms with Crippen LogP contribution in [0.15, 0.2) is 30.3 Å². The average molecular weight is 314 g/mol. The Bertz CT molecular complexity index is 534. The Balaban J connectivity index is 1.50. The van der Waals surface area contributed by atoms with Crippen molar-refractivity contribution in [2.45, 2.75) is 37.8 Å². The second kappa shape index (κ2) is 6.62. The molecule has 4 aliphatic heterocycles. The number of likely N-dealkylation sites (tertiary alicyclic amines) is 1. The molecule has 0 radical (unpaired) electrons. The first kappa shape index (κ1) is 15.2. The van der Waals surface area contributed by atoms with Gasteiger partial charge in [0.05, 0.1) is 0 Å². The molecule has 4 heteroatoms. The zero-order valence-corrected chi connectivity index (χ0v) is 13.7. The van der Waals surface area contributed by atoms with Gasteiger partial charge in [-0.25, -0.2) is 4.79 Å². The number of esters is 1. The van der Waals surface area contributed by atoms with E-state index in [-0.39, 0.29) is 18.1 Å². The fourth-order valence-corrected chi connectivity index (χ4v) is 4.39. The zero-order valence-electron chi connectivity index (χ0n) is 13.7. The summed E-state index contributed by atoms with van der Waals surface area (Å²) in [5.41, 5.74) is 1.07. The lowest BCUT2D eigenvalue weighted by Gasteiger charge is -2.44. The minimum atomic E-state index is -0.228. The molecule has 2 unspecified atom stereocenters. The van der Waals surface area contributed by atoms with Gasteiger partial charge in [-0.1, -0.05) is 30.3 Å². The normalized spacial score (nSPS) is 31.9. The molecule has 4 aliphatic rings. The van der Waals surface area contributed by atoms with Crippen LogP contribution in [-0.2, 0) is 9.53 Å². The van der Waals surface area contributed by atoms with Crippen LogP contribution in [0.1, 0.15) is 37.3 Å². The molecule has 5 rings (SSSR count). The first-order valence-corrected chi connectivity index (χ1v) is 9.03. The maximum absolute atomic E-state index is 13.0. The van der Waals surface area contributed by atoms with Crippen LogP contribution in [0.2, 0.25) is 0 Å². The Morgan fingerprint density at radius 2 is 1.74 bits per heavy atom. The van der Waals surface area contributed by atoms with E-state index in [0.717, 1.165) is 25.2 Å².